The van der Waals surface area contributed by atoms with Crippen LogP contribution < -0.4 is 5.32 Å². The summed E-state index contributed by atoms with van der Waals surface area (Å²) < 4.78 is 11.2. The zero-order valence-electron chi connectivity index (χ0n) is 51.2. The summed E-state index contributed by atoms with van der Waals surface area (Å²) >= 11 is 0. The third-order valence-corrected chi connectivity index (χ3v) is 16.8. The highest BCUT2D eigenvalue weighted by Gasteiger charge is 2.44. The minimum Gasteiger partial charge on any atom is -0.394 e. The van der Waals surface area contributed by atoms with Gasteiger partial charge in [0.05, 0.1) is 25.4 Å². The van der Waals surface area contributed by atoms with Gasteiger partial charge >= 0.3 is 0 Å². The van der Waals surface area contributed by atoms with Crippen LogP contribution in [0.4, 0.5) is 0 Å². The maximum atomic E-state index is 13.2. The lowest BCUT2D eigenvalue weighted by atomic mass is 9.98. The molecule has 1 heterocycles. The first-order valence-electron chi connectivity index (χ1n) is 34.1. The Morgan fingerprint density at radius 3 is 1.10 bits per heavy atom. The Hall–Kier alpha value is -1.15. The van der Waals surface area contributed by atoms with E-state index in [9.17, 15) is 40.5 Å². The van der Waals surface area contributed by atoms with Crippen LogP contribution in [0.5, 0.6) is 0 Å². The van der Waals surface area contributed by atoms with Gasteiger partial charge in [-0.05, 0) is 38.5 Å². The zero-order valence-corrected chi connectivity index (χ0v) is 51.2. The second-order valence-electron chi connectivity index (χ2n) is 24.3. The van der Waals surface area contributed by atoms with Crippen LogP contribution in [0.15, 0.2) is 12.2 Å². The van der Waals surface area contributed by atoms with Crippen molar-refractivity contribution >= 4 is 5.91 Å². The van der Waals surface area contributed by atoms with E-state index in [0.717, 1.165) is 38.5 Å². The van der Waals surface area contributed by atoms with Crippen LogP contribution in [0.25, 0.3) is 0 Å². The highest BCUT2D eigenvalue weighted by atomic mass is 16.7. The number of carbonyl (C=O) groups is 1. The first-order chi connectivity index (χ1) is 38.2. The van der Waals surface area contributed by atoms with Crippen molar-refractivity contribution in [3.8, 4) is 0 Å². The van der Waals surface area contributed by atoms with E-state index in [4.69, 9.17) is 9.47 Å². The van der Waals surface area contributed by atoms with Crippen molar-refractivity contribution in [3.05, 3.63) is 12.2 Å². The summed E-state index contributed by atoms with van der Waals surface area (Å²) in [4.78, 5) is 13.2. The third kappa shape index (κ3) is 43.5. The van der Waals surface area contributed by atoms with Gasteiger partial charge in [-0.25, -0.2) is 0 Å². The predicted molar refractivity (Wildman–Crippen MR) is 326 cm³/mol. The molecule has 78 heavy (non-hydrogen) atoms. The summed E-state index contributed by atoms with van der Waals surface area (Å²) in [6, 6.07) is -1.18. The molecular weight excluding hydrogens is 979 g/mol. The minimum absolute atomic E-state index is 0.260. The van der Waals surface area contributed by atoms with E-state index >= 15 is 0 Å². The Bertz CT molecular complexity index is 1270. The Balaban J connectivity index is 2.20. The maximum absolute atomic E-state index is 13.2. The van der Waals surface area contributed by atoms with Crippen LogP contribution in [0.1, 0.15) is 341 Å². The Kier molecular flexibility index (Phi) is 54.1. The first-order valence-corrected chi connectivity index (χ1v) is 34.1. The Morgan fingerprint density at radius 1 is 0.436 bits per heavy atom. The van der Waals surface area contributed by atoms with Crippen molar-refractivity contribution in [2.24, 2.45) is 0 Å². The number of amides is 1. The van der Waals surface area contributed by atoms with Crippen LogP contribution in [-0.4, -0.2) is 110 Å². The molecule has 1 aliphatic heterocycles. The molecule has 0 aromatic heterocycles. The second-order valence-corrected chi connectivity index (χ2v) is 24.3. The number of hydrogen-bond acceptors (Lipinski definition) is 10. The van der Waals surface area contributed by atoms with E-state index in [2.05, 4.69) is 31.3 Å². The lowest BCUT2D eigenvalue weighted by Gasteiger charge is -2.40. The molecule has 0 saturated carbocycles. The van der Waals surface area contributed by atoms with E-state index < -0.39 is 74.2 Å². The topological polar surface area (TPSA) is 189 Å². The molecule has 0 bridgehead atoms. The molecule has 1 aliphatic rings. The number of allylic oxidation sites excluding steroid dienone is 2. The van der Waals surface area contributed by atoms with Gasteiger partial charge in [0, 0.05) is 0 Å². The van der Waals surface area contributed by atoms with Crippen molar-refractivity contribution in [1.29, 1.82) is 0 Å². The predicted octanol–water partition coefficient (Wildman–Crippen LogP) is 15.9. The van der Waals surface area contributed by atoms with Gasteiger partial charge in [0.15, 0.2) is 6.29 Å². The first kappa shape index (κ1) is 74.9. The molecule has 1 saturated heterocycles. The normalized spacial score (nSPS) is 19.4. The monoisotopic (exact) mass is 1110 g/mol. The molecule has 11 nitrogen and oxygen atoms in total. The van der Waals surface area contributed by atoms with E-state index in [-0.39, 0.29) is 12.8 Å². The molecule has 464 valence electrons. The van der Waals surface area contributed by atoms with Gasteiger partial charge in [-0.1, -0.05) is 315 Å². The summed E-state index contributed by atoms with van der Waals surface area (Å²) in [5.74, 6) is -0.698. The molecule has 1 fully saturated rings. The quantitative estimate of drug-likeness (QED) is 0.0215. The van der Waals surface area contributed by atoms with Gasteiger partial charge in [-0.15, -0.1) is 0 Å². The highest BCUT2D eigenvalue weighted by Crippen LogP contribution is 2.24. The lowest BCUT2D eigenvalue weighted by Crippen LogP contribution is -2.60. The lowest BCUT2D eigenvalue weighted by molar-refractivity contribution is -0.303. The van der Waals surface area contributed by atoms with E-state index in [1.165, 1.54) is 263 Å². The van der Waals surface area contributed by atoms with Gasteiger partial charge in [0.1, 0.15) is 36.6 Å². The van der Waals surface area contributed by atoms with Crippen molar-refractivity contribution in [1.82, 2.24) is 5.32 Å². The minimum atomic E-state index is -1.67. The van der Waals surface area contributed by atoms with Gasteiger partial charge in [0.2, 0.25) is 5.91 Å². The summed E-state index contributed by atoms with van der Waals surface area (Å²) in [6.07, 6.45) is 57.3. The van der Waals surface area contributed by atoms with E-state index in [1.807, 2.05) is 0 Å². The Labute approximate surface area is 481 Å². The van der Waals surface area contributed by atoms with Gasteiger partial charge in [-0.3, -0.25) is 4.79 Å². The smallest absolute Gasteiger partial charge is 0.249 e. The molecule has 0 aromatic carbocycles. The van der Waals surface area contributed by atoms with Crippen molar-refractivity contribution in [3.63, 3.8) is 0 Å². The molecule has 1 amide bonds. The molecule has 0 radical (unpaired) electrons. The van der Waals surface area contributed by atoms with Crippen LogP contribution in [-0.2, 0) is 14.3 Å². The van der Waals surface area contributed by atoms with Crippen LogP contribution >= 0.6 is 0 Å². The van der Waals surface area contributed by atoms with Crippen LogP contribution in [0.2, 0.25) is 0 Å². The standard InChI is InChI=1S/C67H131NO10/c1-3-5-7-9-11-13-15-17-19-21-23-25-26-27-28-29-30-31-32-33-35-37-39-41-43-45-47-49-51-53-55-60(71)66(76)68-58(57-77-67-65(75)64(74)63(73)61(56-69)78-67)62(72)59(70)54-52-50-48-46-44-42-40-38-36-34-24-22-20-18-16-14-12-10-8-6-4-2/h46,48,58-65,67,69-75H,3-45,47,49-57H2,1-2H3,(H,68,76)/b48-46+. The number of aliphatic hydroxyl groups is 7. The maximum Gasteiger partial charge on any atom is 0.249 e. The molecule has 9 unspecified atom stereocenters. The molecule has 0 aliphatic carbocycles. The molecule has 0 aromatic rings. The third-order valence-electron chi connectivity index (χ3n) is 16.8. The molecule has 1 rings (SSSR count). The van der Waals surface area contributed by atoms with Crippen LogP contribution in [0.3, 0.4) is 0 Å². The molecule has 8 N–H and O–H groups in total. The van der Waals surface area contributed by atoms with E-state index in [1.54, 1.807) is 0 Å². The number of carbonyl (C=O) groups excluding carboxylic acids is 1. The number of ether oxygens (including phenoxy) is 2. The molecular formula is C67H131NO10. The number of nitrogens with one attached hydrogen (secondary N) is 1. The number of aliphatic hydroxyl groups excluding tert-OH is 7. The number of hydrogen-bond donors (Lipinski definition) is 8. The number of rotatable bonds is 60. The van der Waals surface area contributed by atoms with Crippen molar-refractivity contribution in [2.45, 2.75) is 396 Å². The zero-order chi connectivity index (χ0) is 56.8. The second kappa shape index (κ2) is 56.3. The Morgan fingerprint density at radius 2 is 0.756 bits per heavy atom. The van der Waals surface area contributed by atoms with Gasteiger partial charge in [-0.2, -0.15) is 0 Å². The fourth-order valence-corrected chi connectivity index (χ4v) is 11.3. The summed E-state index contributed by atoms with van der Waals surface area (Å²) in [6.45, 7) is 3.50. The van der Waals surface area contributed by atoms with Crippen molar-refractivity contribution in [2.75, 3.05) is 13.2 Å². The fourth-order valence-electron chi connectivity index (χ4n) is 11.3. The molecule has 11 heteroatoms. The summed E-state index contributed by atoms with van der Waals surface area (Å²) in [7, 11) is 0. The van der Waals surface area contributed by atoms with E-state index in [0.29, 0.717) is 12.8 Å². The number of unbranched alkanes of at least 4 members (excludes halogenated alkanes) is 46. The SMILES string of the molecule is CCCCCCCCCCCCCCCCCC/C=C/CCCC(O)C(O)C(COC1OC(CO)C(O)C(O)C1O)NC(=O)C(O)CCCCCCCCCCCCCCCCCCCCCCCCCCCCCCCC. The largest absolute Gasteiger partial charge is 0.394 e. The summed E-state index contributed by atoms with van der Waals surface area (Å²) in [5, 5.41) is 76.4. The molecule has 9 atom stereocenters. The van der Waals surface area contributed by atoms with Gasteiger partial charge in [0.25, 0.3) is 0 Å². The van der Waals surface area contributed by atoms with Crippen LogP contribution in [0, 0.1) is 0 Å². The van der Waals surface area contributed by atoms with Crippen molar-refractivity contribution < 1.29 is 50.0 Å². The van der Waals surface area contributed by atoms with Gasteiger partial charge < -0.3 is 50.5 Å². The fraction of sp³-hybridized carbons (Fsp3) is 0.955. The average Bonchev–Trinajstić information content (AvgIpc) is 3.46. The summed E-state index contributed by atoms with van der Waals surface area (Å²) in [5.41, 5.74) is 0. The highest BCUT2D eigenvalue weighted by molar-refractivity contribution is 5.80. The molecule has 0 spiro atoms. The average molecular weight is 1110 g/mol.